The van der Waals surface area contributed by atoms with Gasteiger partial charge in [-0.3, -0.25) is 4.79 Å². The second kappa shape index (κ2) is 5.55. The Labute approximate surface area is 92.6 Å². The maximum atomic E-state index is 13.2. The SMILES string of the molecule is CCC(NCc1cc(F)ccc1F)C(N)=O. The number of primary amides is 1. The van der Waals surface area contributed by atoms with E-state index in [2.05, 4.69) is 5.32 Å². The van der Waals surface area contributed by atoms with Crippen molar-refractivity contribution in [3.63, 3.8) is 0 Å². The van der Waals surface area contributed by atoms with Gasteiger partial charge >= 0.3 is 0 Å². The van der Waals surface area contributed by atoms with E-state index in [9.17, 15) is 13.6 Å². The summed E-state index contributed by atoms with van der Waals surface area (Å²) >= 11 is 0. The third-order valence-electron chi connectivity index (χ3n) is 2.30. The molecule has 3 N–H and O–H groups in total. The maximum Gasteiger partial charge on any atom is 0.234 e. The van der Waals surface area contributed by atoms with Crippen molar-refractivity contribution in [3.05, 3.63) is 35.4 Å². The predicted molar refractivity (Wildman–Crippen MR) is 56.5 cm³/mol. The Morgan fingerprint density at radius 3 is 2.75 bits per heavy atom. The van der Waals surface area contributed by atoms with E-state index in [0.717, 1.165) is 18.2 Å². The number of amides is 1. The number of hydrogen-bond acceptors (Lipinski definition) is 2. The number of benzene rings is 1. The number of hydrogen-bond donors (Lipinski definition) is 2. The fourth-order valence-electron chi connectivity index (χ4n) is 1.36. The van der Waals surface area contributed by atoms with E-state index in [-0.39, 0.29) is 12.1 Å². The lowest BCUT2D eigenvalue weighted by Gasteiger charge is -2.13. The van der Waals surface area contributed by atoms with Crippen LogP contribution in [-0.4, -0.2) is 11.9 Å². The van der Waals surface area contributed by atoms with E-state index in [1.165, 1.54) is 0 Å². The minimum absolute atomic E-state index is 0.0744. The van der Waals surface area contributed by atoms with Gasteiger partial charge in [-0.1, -0.05) is 6.92 Å². The first-order valence-electron chi connectivity index (χ1n) is 5.01. The Bertz CT molecular complexity index is 382. The molecule has 0 saturated heterocycles. The molecule has 0 saturated carbocycles. The lowest BCUT2D eigenvalue weighted by atomic mass is 10.1. The van der Waals surface area contributed by atoms with Crippen LogP contribution in [0.5, 0.6) is 0 Å². The summed E-state index contributed by atoms with van der Waals surface area (Å²) in [4.78, 5) is 10.9. The van der Waals surface area contributed by atoms with E-state index in [4.69, 9.17) is 5.73 Å². The lowest BCUT2D eigenvalue weighted by molar-refractivity contribution is -0.120. The number of rotatable bonds is 5. The van der Waals surface area contributed by atoms with Crippen molar-refractivity contribution in [1.82, 2.24) is 5.32 Å². The largest absolute Gasteiger partial charge is 0.368 e. The molecule has 1 aromatic carbocycles. The minimum Gasteiger partial charge on any atom is -0.368 e. The third kappa shape index (κ3) is 3.27. The molecule has 5 heteroatoms. The van der Waals surface area contributed by atoms with Crippen LogP contribution in [0.1, 0.15) is 18.9 Å². The summed E-state index contributed by atoms with van der Waals surface area (Å²) < 4.78 is 26.0. The molecule has 3 nitrogen and oxygen atoms in total. The van der Waals surface area contributed by atoms with Crippen molar-refractivity contribution >= 4 is 5.91 Å². The van der Waals surface area contributed by atoms with Crippen molar-refractivity contribution in [2.75, 3.05) is 0 Å². The Morgan fingerprint density at radius 2 is 2.19 bits per heavy atom. The van der Waals surface area contributed by atoms with E-state index < -0.39 is 23.6 Å². The normalized spacial score (nSPS) is 12.4. The second-order valence-corrected chi connectivity index (χ2v) is 3.48. The third-order valence-corrected chi connectivity index (χ3v) is 2.30. The molecule has 1 unspecified atom stereocenters. The molecule has 1 atom stereocenters. The summed E-state index contributed by atoms with van der Waals surface area (Å²) in [6.45, 7) is 1.86. The molecule has 0 aliphatic heterocycles. The molecule has 1 rings (SSSR count). The van der Waals surface area contributed by atoms with Crippen molar-refractivity contribution in [1.29, 1.82) is 0 Å². The van der Waals surface area contributed by atoms with Crippen molar-refractivity contribution < 1.29 is 13.6 Å². The van der Waals surface area contributed by atoms with Gasteiger partial charge in [-0.05, 0) is 24.6 Å². The zero-order chi connectivity index (χ0) is 12.1. The molecule has 0 aliphatic rings. The van der Waals surface area contributed by atoms with Gasteiger partial charge in [0, 0.05) is 12.1 Å². The van der Waals surface area contributed by atoms with Crippen LogP contribution in [0, 0.1) is 11.6 Å². The molecule has 0 heterocycles. The first-order valence-corrected chi connectivity index (χ1v) is 5.01. The highest BCUT2D eigenvalue weighted by atomic mass is 19.1. The molecule has 0 aliphatic carbocycles. The molecule has 0 fully saturated rings. The maximum absolute atomic E-state index is 13.2. The Balaban J connectivity index is 2.66. The molecule has 1 amide bonds. The van der Waals surface area contributed by atoms with Crippen LogP contribution in [0.3, 0.4) is 0 Å². The van der Waals surface area contributed by atoms with E-state index in [1.807, 2.05) is 0 Å². The summed E-state index contributed by atoms with van der Waals surface area (Å²) in [5, 5.41) is 2.77. The molecule has 88 valence electrons. The molecule has 0 aromatic heterocycles. The van der Waals surface area contributed by atoms with Crippen molar-refractivity contribution in [2.24, 2.45) is 5.73 Å². The van der Waals surface area contributed by atoms with Gasteiger partial charge in [-0.2, -0.15) is 0 Å². The Morgan fingerprint density at radius 1 is 1.50 bits per heavy atom. The smallest absolute Gasteiger partial charge is 0.234 e. The minimum atomic E-state index is -0.525. The average Bonchev–Trinajstić information content (AvgIpc) is 2.23. The van der Waals surface area contributed by atoms with Crippen molar-refractivity contribution in [3.8, 4) is 0 Å². The fraction of sp³-hybridized carbons (Fsp3) is 0.364. The van der Waals surface area contributed by atoms with Crippen LogP contribution in [0.15, 0.2) is 18.2 Å². The van der Waals surface area contributed by atoms with Crippen molar-refractivity contribution in [2.45, 2.75) is 25.9 Å². The predicted octanol–water partition coefficient (Wildman–Crippen LogP) is 1.32. The Hall–Kier alpha value is -1.49. The fourth-order valence-corrected chi connectivity index (χ4v) is 1.36. The number of nitrogens with one attached hydrogen (secondary N) is 1. The summed E-state index contributed by atoms with van der Waals surface area (Å²) in [6, 6.07) is 2.67. The summed E-state index contributed by atoms with van der Waals surface area (Å²) in [6.07, 6.45) is 0.506. The van der Waals surface area contributed by atoms with Gasteiger partial charge in [0.15, 0.2) is 0 Å². The van der Waals surface area contributed by atoms with Gasteiger partial charge in [0.2, 0.25) is 5.91 Å². The monoisotopic (exact) mass is 228 g/mol. The first kappa shape index (κ1) is 12.6. The zero-order valence-electron chi connectivity index (χ0n) is 8.97. The molecule has 16 heavy (non-hydrogen) atoms. The highest BCUT2D eigenvalue weighted by Gasteiger charge is 2.12. The highest BCUT2D eigenvalue weighted by Crippen LogP contribution is 2.09. The van der Waals surface area contributed by atoms with Gasteiger partial charge in [0.1, 0.15) is 11.6 Å². The van der Waals surface area contributed by atoms with Gasteiger partial charge in [-0.15, -0.1) is 0 Å². The topological polar surface area (TPSA) is 55.1 Å². The quantitative estimate of drug-likeness (QED) is 0.798. The Kier molecular flexibility index (Phi) is 4.37. The molecular weight excluding hydrogens is 214 g/mol. The molecule has 0 spiro atoms. The number of carbonyl (C=O) groups excluding carboxylic acids is 1. The van der Waals surface area contributed by atoms with E-state index >= 15 is 0 Å². The summed E-state index contributed by atoms with van der Waals surface area (Å²) in [7, 11) is 0. The second-order valence-electron chi connectivity index (χ2n) is 3.48. The highest BCUT2D eigenvalue weighted by molar-refractivity contribution is 5.79. The summed E-state index contributed by atoms with van der Waals surface area (Å²) in [5.74, 6) is -1.52. The van der Waals surface area contributed by atoms with Crippen LogP contribution < -0.4 is 11.1 Å². The zero-order valence-corrected chi connectivity index (χ0v) is 8.97. The van der Waals surface area contributed by atoms with E-state index in [0.29, 0.717) is 6.42 Å². The van der Waals surface area contributed by atoms with Gasteiger partial charge in [0.05, 0.1) is 6.04 Å². The number of halogens is 2. The van der Waals surface area contributed by atoms with Crippen LogP contribution in [0.4, 0.5) is 8.78 Å². The molecule has 0 bridgehead atoms. The van der Waals surface area contributed by atoms with E-state index in [1.54, 1.807) is 6.92 Å². The first-order chi connectivity index (χ1) is 7.54. The standard InChI is InChI=1S/C11H14F2N2O/c1-2-10(11(14)16)15-6-7-5-8(12)3-4-9(7)13/h3-5,10,15H,2,6H2,1H3,(H2,14,16). The van der Waals surface area contributed by atoms with Gasteiger partial charge < -0.3 is 11.1 Å². The van der Waals surface area contributed by atoms with Crippen LogP contribution in [0.25, 0.3) is 0 Å². The molecule has 0 radical (unpaired) electrons. The van der Waals surface area contributed by atoms with Gasteiger partial charge in [0.25, 0.3) is 0 Å². The van der Waals surface area contributed by atoms with Crippen LogP contribution in [0.2, 0.25) is 0 Å². The summed E-state index contributed by atoms with van der Waals surface area (Å²) in [5.41, 5.74) is 5.29. The average molecular weight is 228 g/mol. The van der Waals surface area contributed by atoms with Crippen LogP contribution >= 0.6 is 0 Å². The molecular formula is C11H14F2N2O. The van der Waals surface area contributed by atoms with Gasteiger partial charge in [-0.25, -0.2) is 8.78 Å². The number of nitrogens with two attached hydrogens (primary N) is 1. The molecule has 1 aromatic rings. The lowest BCUT2D eigenvalue weighted by Crippen LogP contribution is -2.40. The van der Waals surface area contributed by atoms with Crippen LogP contribution in [-0.2, 0) is 11.3 Å². The number of carbonyl (C=O) groups is 1.